The van der Waals surface area contributed by atoms with Gasteiger partial charge in [0, 0.05) is 12.3 Å². The van der Waals surface area contributed by atoms with E-state index >= 15 is 0 Å². The van der Waals surface area contributed by atoms with Crippen LogP contribution in [0.4, 0.5) is 4.79 Å². The second-order valence-corrected chi connectivity index (χ2v) is 5.16. The smallest absolute Gasteiger partial charge is 0.319 e. The highest BCUT2D eigenvalue weighted by Crippen LogP contribution is 2.35. The fraction of sp³-hybridized carbons (Fsp3) is 0.545. The van der Waals surface area contributed by atoms with Gasteiger partial charge < -0.3 is 10.6 Å². The molecule has 5 nitrogen and oxygen atoms in total. The lowest BCUT2D eigenvalue weighted by molar-refractivity contribution is 0.244. The van der Waals surface area contributed by atoms with Crippen molar-refractivity contribution in [3.05, 3.63) is 11.1 Å². The molecule has 0 bridgehead atoms. The van der Waals surface area contributed by atoms with E-state index in [1.807, 2.05) is 26.8 Å². The summed E-state index contributed by atoms with van der Waals surface area (Å²) in [7, 11) is 0. The molecule has 17 heavy (non-hydrogen) atoms. The minimum Gasteiger partial charge on any atom is -0.338 e. The molecule has 2 unspecified atom stereocenters. The Bertz CT molecular complexity index is 427. The molecular formula is C11H16N4OS. The molecular weight excluding hydrogens is 236 g/mol. The molecule has 0 radical (unpaired) electrons. The Morgan fingerprint density at radius 3 is 3.00 bits per heavy atom. The molecule has 2 aliphatic heterocycles. The number of thioether (sulfide) groups is 1. The van der Waals surface area contributed by atoms with Crippen LogP contribution < -0.4 is 10.6 Å². The quantitative estimate of drug-likeness (QED) is 0.782. The van der Waals surface area contributed by atoms with Crippen LogP contribution in [0.15, 0.2) is 21.1 Å². The van der Waals surface area contributed by atoms with Gasteiger partial charge in [-0.2, -0.15) is 0 Å². The molecule has 0 aromatic carbocycles. The van der Waals surface area contributed by atoms with Crippen LogP contribution in [-0.4, -0.2) is 35.4 Å². The van der Waals surface area contributed by atoms with Crippen LogP contribution in [0, 0.1) is 0 Å². The number of nitrogens with zero attached hydrogens (tertiary/aromatic N) is 2. The third-order valence-electron chi connectivity index (χ3n) is 2.55. The van der Waals surface area contributed by atoms with E-state index in [4.69, 9.17) is 0 Å². The zero-order chi connectivity index (χ0) is 12.4. The van der Waals surface area contributed by atoms with Gasteiger partial charge in [0.1, 0.15) is 5.84 Å². The predicted octanol–water partition coefficient (Wildman–Crippen LogP) is 1.52. The third kappa shape index (κ3) is 2.69. The summed E-state index contributed by atoms with van der Waals surface area (Å²) in [6.45, 7) is 6.41. The van der Waals surface area contributed by atoms with Crippen molar-refractivity contribution in [2.45, 2.75) is 32.1 Å². The van der Waals surface area contributed by atoms with Crippen molar-refractivity contribution in [2.24, 2.45) is 9.98 Å². The molecule has 2 rings (SSSR count). The zero-order valence-corrected chi connectivity index (χ0v) is 11.0. The van der Waals surface area contributed by atoms with E-state index in [2.05, 4.69) is 20.6 Å². The van der Waals surface area contributed by atoms with E-state index < -0.39 is 0 Å². The lowest BCUT2D eigenvalue weighted by Crippen LogP contribution is -2.33. The first-order valence-electron chi connectivity index (χ1n) is 5.63. The molecule has 0 aliphatic carbocycles. The van der Waals surface area contributed by atoms with Gasteiger partial charge in [0.25, 0.3) is 0 Å². The number of nitrogens with one attached hydrogen (secondary N) is 2. The largest absolute Gasteiger partial charge is 0.338 e. The highest BCUT2D eigenvalue weighted by atomic mass is 32.2. The minimum absolute atomic E-state index is 0.106. The number of hydrogen-bond donors (Lipinski definition) is 2. The van der Waals surface area contributed by atoms with Crippen LogP contribution in [0.2, 0.25) is 0 Å². The highest BCUT2D eigenvalue weighted by molar-refractivity contribution is 8.04. The van der Waals surface area contributed by atoms with Crippen molar-refractivity contribution in [3.8, 4) is 0 Å². The van der Waals surface area contributed by atoms with E-state index in [-0.39, 0.29) is 17.3 Å². The Morgan fingerprint density at radius 1 is 1.53 bits per heavy atom. The Kier molecular flexibility index (Phi) is 3.51. The summed E-state index contributed by atoms with van der Waals surface area (Å²) in [6.07, 6.45) is 1.99. The van der Waals surface area contributed by atoms with E-state index in [0.29, 0.717) is 6.54 Å². The minimum atomic E-state index is -0.166. The summed E-state index contributed by atoms with van der Waals surface area (Å²) < 4.78 is 0. The fourth-order valence-electron chi connectivity index (χ4n) is 1.88. The number of hydrogen-bond acceptors (Lipinski definition) is 4. The number of amides is 2. The summed E-state index contributed by atoms with van der Waals surface area (Å²) in [5.41, 5.74) is 1.07. The van der Waals surface area contributed by atoms with E-state index in [9.17, 15) is 4.79 Å². The second kappa shape index (κ2) is 4.91. The topological polar surface area (TPSA) is 65.8 Å². The average molecular weight is 252 g/mol. The van der Waals surface area contributed by atoms with Crippen LogP contribution in [0.3, 0.4) is 0 Å². The number of carbonyl (C=O) groups is 1. The summed E-state index contributed by atoms with van der Waals surface area (Å²) in [5.74, 6) is 0.805. The Balaban J connectivity index is 2.04. The van der Waals surface area contributed by atoms with Gasteiger partial charge in [-0.3, -0.25) is 4.99 Å². The van der Waals surface area contributed by atoms with Crippen LogP contribution in [0.25, 0.3) is 0 Å². The van der Waals surface area contributed by atoms with E-state index in [0.717, 1.165) is 16.6 Å². The monoisotopic (exact) mass is 252 g/mol. The van der Waals surface area contributed by atoms with Gasteiger partial charge in [-0.15, -0.1) is 0 Å². The molecule has 0 aromatic rings. The number of rotatable bonds is 2. The van der Waals surface area contributed by atoms with Crippen molar-refractivity contribution < 1.29 is 4.79 Å². The second-order valence-electron chi connectivity index (χ2n) is 3.97. The molecule has 0 spiro atoms. The standard InChI is InChI=1S/C11H16N4OS/c1-4-12-11(16)15-9-5-8-10(17-9)6(2)13-7(3)14-8/h5,8,10H,4H2,1-3H3,(H2,12,15,16). The van der Waals surface area contributed by atoms with Gasteiger partial charge in [-0.05, 0) is 26.8 Å². The molecule has 2 aliphatic rings. The SMILES string of the molecule is CCNC(=O)NC1=CC2N=C(C)N=C(C)C2S1. The summed E-state index contributed by atoms with van der Waals surface area (Å²) in [5, 5.41) is 6.62. The lowest BCUT2D eigenvalue weighted by atomic mass is 10.1. The maximum absolute atomic E-state index is 11.4. The molecule has 2 atom stereocenters. The van der Waals surface area contributed by atoms with Crippen molar-refractivity contribution in [2.75, 3.05) is 6.54 Å². The normalized spacial score (nSPS) is 26.6. The summed E-state index contributed by atoms with van der Waals surface area (Å²) in [4.78, 5) is 20.2. The number of carbonyl (C=O) groups excluding carboxylic acids is 1. The van der Waals surface area contributed by atoms with Gasteiger partial charge in [0.2, 0.25) is 0 Å². The number of urea groups is 1. The van der Waals surface area contributed by atoms with Crippen molar-refractivity contribution in [1.82, 2.24) is 10.6 Å². The molecule has 2 amide bonds. The molecule has 0 fully saturated rings. The summed E-state index contributed by atoms with van der Waals surface area (Å²) >= 11 is 1.61. The number of fused-ring (bicyclic) bond motifs is 1. The Hall–Kier alpha value is -1.30. The van der Waals surface area contributed by atoms with Gasteiger partial charge in [-0.1, -0.05) is 11.8 Å². The predicted molar refractivity (Wildman–Crippen MR) is 71.7 cm³/mol. The number of amidine groups is 1. The molecule has 92 valence electrons. The van der Waals surface area contributed by atoms with Crippen molar-refractivity contribution in [1.29, 1.82) is 0 Å². The van der Waals surface area contributed by atoms with Crippen LogP contribution in [-0.2, 0) is 0 Å². The van der Waals surface area contributed by atoms with Crippen molar-refractivity contribution in [3.63, 3.8) is 0 Å². The molecule has 2 heterocycles. The Morgan fingerprint density at radius 2 is 2.29 bits per heavy atom. The first-order valence-corrected chi connectivity index (χ1v) is 6.51. The molecule has 0 saturated heterocycles. The van der Waals surface area contributed by atoms with Crippen LogP contribution in [0.5, 0.6) is 0 Å². The molecule has 2 N–H and O–H groups in total. The fourth-order valence-corrected chi connectivity index (χ4v) is 3.02. The first kappa shape index (κ1) is 12.2. The molecule has 0 saturated carbocycles. The van der Waals surface area contributed by atoms with Gasteiger partial charge in [-0.25, -0.2) is 9.79 Å². The highest BCUT2D eigenvalue weighted by Gasteiger charge is 2.33. The van der Waals surface area contributed by atoms with E-state index in [1.165, 1.54) is 0 Å². The van der Waals surface area contributed by atoms with Crippen LogP contribution in [0.1, 0.15) is 20.8 Å². The average Bonchev–Trinajstić information content (AvgIpc) is 2.60. The van der Waals surface area contributed by atoms with Gasteiger partial charge >= 0.3 is 6.03 Å². The maximum Gasteiger partial charge on any atom is 0.319 e. The van der Waals surface area contributed by atoms with Gasteiger partial charge in [0.05, 0.1) is 16.3 Å². The third-order valence-corrected chi connectivity index (χ3v) is 3.91. The molecule has 6 heteroatoms. The number of aliphatic imine (C=N–C) groups is 2. The maximum atomic E-state index is 11.4. The van der Waals surface area contributed by atoms with Crippen LogP contribution >= 0.6 is 11.8 Å². The Labute approximate surface area is 105 Å². The lowest BCUT2D eigenvalue weighted by Gasteiger charge is -2.19. The van der Waals surface area contributed by atoms with Crippen molar-refractivity contribution >= 4 is 29.3 Å². The van der Waals surface area contributed by atoms with E-state index in [1.54, 1.807) is 11.8 Å². The first-order chi connectivity index (χ1) is 8.10. The summed E-state index contributed by atoms with van der Waals surface area (Å²) in [6, 6.07) is -0.0605. The molecule has 0 aromatic heterocycles. The van der Waals surface area contributed by atoms with Gasteiger partial charge in [0.15, 0.2) is 0 Å². The zero-order valence-electron chi connectivity index (χ0n) is 10.2.